The van der Waals surface area contributed by atoms with Gasteiger partial charge in [-0.2, -0.15) is 0 Å². The molecule has 2 aromatic rings. The van der Waals surface area contributed by atoms with E-state index in [4.69, 9.17) is 0 Å². The SMILES string of the molecule is CCCn1nnnc1CN(C)Cc1ccc(Br)cc1. The van der Waals surface area contributed by atoms with Gasteiger partial charge in [0, 0.05) is 17.6 Å². The second-order valence-electron chi connectivity index (χ2n) is 4.62. The van der Waals surface area contributed by atoms with E-state index in [1.807, 2.05) is 4.68 Å². The van der Waals surface area contributed by atoms with Crippen LogP contribution in [0.5, 0.6) is 0 Å². The molecule has 0 saturated carbocycles. The van der Waals surface area contributed by atoms with Gasteiger partial charge in [0.05, 0.1) is 6.54 Å². The molecule has 0 bridgehead atoms. The summed E-state index contributed by atoms with van der Waals surface area (Å²) in [7, 11) is 2.08. The van der Waals surface area contributed by atoms with Gasteiger partial charge in [0.1, 0.15) is 0 Å². The van der Waals surface area contributed by atoms with Gasteiger partial charge >= 0.3 is 0 Å². The summed E-state index contributed by atoms with van der Waals surface area (Å²) in [4.78, 5) is 2.21. The average Bonchev–Trinajstić information content (AvgIpc) is 2.80. The van der Waals surface area contributed by atoms with E-state index in [0.717, 1.165) is 36.4 Å². The molecule has 0 saturated heterocycles. The lowest BCUT2D eigenvalue weighted by atomic mass is 10.2. The van der Waals surface area contributed by atoms with Crippen molar-refractivity contribution >= 4 is 15.9 Å². The number of aromatic nitrogens is 4. The molecule has 0 aliphatic carbocycles. The van der Waals surface area contributed by atoms with Crippen molar-refractivity contribution in [3.63, 3.8) is 0 Å². The molecule has 6 heteroatoms. The molecule has 2 rings (SSSR count). The first kappa shape index (κ1) is 14.1. The van der Waals surface area contributed by atoms with Crippen LogP contribution in [0.3, 0.4) is 0 Å². The van der Waals surface area contributed by atoms with Gasteiger partial charge in [-0.3, -0.25) is 4.90 Å². The predicted octanol–water partition coefficient (Wildman–Crippen LogP) is 2.48. The number of benzene rings is 1. The third kappa shape index (κ3) is 4.11. The van der Waals surface area contributed by atoms with Gasteiger partial charge < -0.3 is 0 Å². The Balaban J connectivity index is 1.95. The van der Waals surface area contributed by atoms with Crippen molar-refractivity contribution in [1.29, 1.82) is 0 Å². The van der Waals surface area contributed by atoms with Gasteiger partial charge in [0.2, 0.25) is 0 Å². The van der Waals surface area contributed by atoms with Crippen molar-refractivity contribution in [3.8, 4) is 0 Å². The zero-order chi connectivity index (χ0) is 13.7. The van der Waals surface area contributed by atoms with Crippen LogP contribution in [0.2, 0.25) is 0 Å². The molecule has 0 N–H and O–H groups in total. The summed E-state index contributed by atoms with van der Waals surface area (Å²) >= 11 is 3.44. The number of hydrogen-bond acceptors (Lipinski definition) is 4. The van der Waals surface area contributed by atoms with Gasteiger partial charge in [-0.1, -0.05) is 35.0 Å². The fourth-order valence-corrected chi connectivity index (χ4v) is 2.19. The number of halogens is 1. The van der Waals surface area contributed by atoms with Crippen LogP contribution in [0.15, 0.2) is 28.7 Å². The number of nitrogens with zero attached hydrogens (tertiary/aromatic N) is 5. The normalized spacial score (nSPS) is 11.2. The highest BCUT2D eigenvalue weighted by molar-refractivity contribution is 9.10. The van der Waals surface area contributed by atoms with Crippen LogP contribution in [-0.4, -0.2) is 32.2 Å². The van der Waals surface area contributed by atoms with E-state index < -0.39 is 0 Å². The van der Waals surface area contributed by atoms with Crippen molar-refractivity contribution in [2.75, 3.05) is 7.05 Å². The number of hydrogen-bond donors (Lipinski definition) is 0. The van der Waals surface area contributed by atoms with Gasteiger partial charge in [0.25, 0.3) is 0 Å². The molecule has 19 heavy (non-hydrogen) atoms. The smallest absolute Gasteiger partial charge is 0.165 e. The minimum atomic E-state index is 0.753. The zero-order valence-electron chi connectivity index (χ0n) is 11.3. The van der Waals surface area contributed by atoms with Gasteiger partial charge in [-0.15, -0.1) is 5.10 Å². The maximum Gasteiger partial charge on any atom is 0.165 e. The van der Waals surface area contributed by atoms with Crippen LogP contribution in [-0.2, 0) is 19.6 Å². The lowest BCUT2D eigenvalue weighted by Crippen LogP contribution is -2.20. The first-order valence-electron chi connectivity index (χ1n) is 6.37. The Kier molecular flexibility index (Phi) is 5.04. The summed E-state index contributed by atoms with van der Waals surface area (Å²) in [6.07, 6.45) is 1.04. The maximum absolute atomic E-state index is 4.08. The molecule has 0 aliphatic heterocycles. The quantitative estimate of drug-likeness (QED) is 0.819. The van der Waals surface area contributed by atoms with Gasteiger partial charge in [-0.05, 0) is 41.6 Å². The minimum Gasteiger partial charge on any atom is -0.295 e. The van der Waals surface area contributed by atoms with E-state index in [9.17, 15) is 0 Å². The number of tetrazole rings is 1. The van der Waals surface area contributed by atoms with Gasteiger partial charge in [-0.25, -0.2) is 4.68 Å². The standard InChI is InChI=1S/C13H18BrN5/c1-3-8-19-13(15-16-17-19)10-18(2)9-11-4-6-12(14)7-5-11/h4-7H,3,8-10H2,1-2H3. The summed E-state index contributed by atoms with van der Waals surface area (Å²) in [5, 5.41) is 11.8. The van der Waals surface area contributed by atoms with Crippen molar-refractivity contribution in [2.24, 2.45) is 0 Å². The van der Waals surface area contributed by atoms with E-state index in [2.05, 4.69) is 74.6 Å². The Bertz CT molecular complexity index is 508. The van der Waals surface area contributed by atoms with Crippen molar-refractivity contribution < 1.29 is 0 Å². The molecule has 1 aromatic carbocycles. The molecule has 0 spiro atoms. The topological polar surface area (TPSA) is 46.8 Å². The highest BCUT2D eigenvalue weighted by Gasteiger charge is 2.09. The number of aryl methyl sites for hydroxylation is 1. The Labute approximate surface area is 121 Å². The van der Waals surface area contributed by atoms with E-state index in [-0.39, 0.29) is 0 Å². The van der Waals surface area contributed by atoms with Crippen LogP contribution in [0.1, 0.15) is 24.7 Å². The molecule has 5 nitrogen and oxygen atoms in total. The van der Waals surface area contributed by atoms with Crippen molar-refractivity contribution in [1.82, 2.24) is 25.1 Å². The zero-order valence-corrected chi connectivity index (χ0v) is 12.8. The summed E-state index contributed by atoms with van der Waals surface area (Å²) in [6.45, 7) is 4.63. The third-order valence-corrected chi connectivity index (χ3v) is 3.35. The monoisotopic (exact) mass is 323 g/mol. The van der Waals surface area contributed by atoms with E-state index in [1.54, 1.807) is 0 Å². The molecular weight excluding hydrogens is 306 g/mol. The molecular formula is C13H18BrN5. The lowest BCUT2D eigenvalue weighted by Gasteiger charge is -2.16. The molecule has 102 valence electrons. The van der Waals surface area contributed by atoms with Crippen LogP contribution >= 0.6 is 15.9 Å². The fraction of sp³-hybridized carbons (Fsp3) is 0.462. The Morgan fingerprint density at radius 1 is 1.21 bits per heavy atom. The Morgan fingerprint density at radius 2 is 1.95 bits per heavy atom. The van der Waals surface area contributed by atoms with Gasteiger partial charge in [0.15, 0.2) is 5.82 Å². The Hall–Kier alpha value is -1.27. The van der Waals surface area contributed by atoms with E-state index in [0.29, 0.717) is 0 Å². The first-order chi connectivity index (χ1) is 9.19. The largest absolute Gasteiger partial charge is 0.295 e. The molecule has 0 aliphatic rings. The van der Waals surface area contributed by atoms with Crippen LogP contribution in [0, 0.1) is 0 Å². The van der Waals surface area contributed by atoms with E-state index in [1.165, 1.54) is 5.56 Å². The van der Waals surface area contributed by atoms with E-state index >= 15 is 0 Å². The van der Waals surface area contributed by atoms with Crippen molar-refractivity contribution in [3.05, 3.63) is 40.1 Å². The summed E-state index contributed by atoms with van der Waals surface area (Å²) in [5.41, 5.74) is 1.28. The minimum absolute atomic E-state index is 0.753. The molecule has 0 fully saturated rings. The maximum atomic E-state index is 4.08. The van der Waals surface area contributed by atoms with Crippen molar-refractivity contribution in [2.45, 2.75) is 33.0 Å². The molecule has 0 unspecified atom stereocenters. The Morgan fingerprint density at radius 3 is 2.63 bits per heavy atom. The van der Waals surface area contributed by atoms with Crippen LogP contribution < -0.4 is 0 Å². The highest BCUT2D eigenvalue weighted by Crippen LogP contribution is 2.12. The molecule has 1 aromatic heterocycles. The average molecular weight is 324 g/mol. The molecule has 0 amide bonds. The molecule has 0 radical (unpaired) electrons. The molecule has 1 heterocycles. The highest BCUT2D eigenvalue weighted by atomic mass is 79.9. The second-order valence-corrected chi connectivity index (χ2v) is 5.53. The summed E-state index contributed by atoms with van der Waals surface area (Å²) in [5.74, 6) is 0.918. The van der Waals surface area contributed by atoms with Crippen LogP contribution in [0.4, 0.5) is 0 Å². The third-order valence-electron chi connectivity index (χ3n) is 2.82. The predicted molar refractivity (Wildman–Crippen MR) is 77.4 cm³/mol. The summed E-state index contributed by atoms with van der Waals surface area (Å²) < 4.78 is 2.98. The summed E-state index contributed by atoms with van der Waals surface area (Å²) in [6, 6.07) is 8.36. The molecule has 0 atom stereocenters. The lowest BCUT2D eigenvalue weighted by molar-refractivity contribution is 0.302. The second kappa shape index (κ2) is 6.77. The fourth-order valence-electron chi connectivity index (χ4n) is 1.92. The number of rotatable bonds is 6. The first-order valence-corrected chi connectivity index (χ1v) is 7.16. The van der Waals surface area contributed by atoms with Crippen LogP contribution in [0.25, 0.3) is 0 Å².